The average molecular weight is 425 g/mol. The van der Waals surface area contributed by atoms with Gasteiger partial charge in [-0.1, -0.05) is 32.4 Å². The van der Waals surface area contributed by atoms with Gasteiger partial charge in [0.05, 0.1) is 15.6 Å². The van der Waals surface area contributed by atoms with Crippen LogP contribution in [0.1, 0.15) is 32.0 Å². The first-order valence-corrected chi connectivity index (χ1v) is 11.1. The van der Waals surface area contributed by atoms with Crippen LogP contribution in [0.3, 0.4) is 0 Å². The minimum absolute atomic E-state index is 0.104. The van der Waals surface area contributed by atoms with Crippen molar-refractivity contribution in [2.45, 2.75) is 45.6 Å². The van der Waals surface area contributed by atoms with Crippen molar-refractivity contribution in [1.82, 2.24) is 4.31 Å². The van der Waals surface area contributed by atoms with Crippen molar-refractivity contribution in [2.24, 2.45) is 0 Å². The molecule has 6 nitrogen and oxygen atoms in total. The fourth-order valence-electron chi connectivity index (χ4n) is 2.87. The molecule has 0 saturated carbocycles. The maximum atomic E-state index is 12.7. The van der Waals surface area contributed by atoms with E-state index in [4.69, 9.17) is 11.6 Å². The Bertz CT molecular complexity index is 957. The standard InChI is InChI=1S/C20H26ClN3O3S/c1-5-16-9-8-15(4)23(13-16)14-20(25)22-19-12-17(10-11-18(19)21)28(26,27)24(6-2)7-3/h8-13H,5-7,14H2,1-4H3/p+1. The average Bonchev–Trinajstić information content (AvgIpc) is 2.66. The summed E-state index contributed by atoms with van der Waals surface area (Å²) >= 11 is 6.19. The lowest BCUT2D eigenvalue weighted by Crippen LogP contribution is -2.43. The highest BCUT2D eigenvalue weighted by Crippen LogP contribution is 2.27. The van der Waals surface area contributed by atoms with E-state index in [2.05, 4.69) is 12.2 Å². The normalized spacial score (nSPS) is 11.6. The van der Waals surface area contributed by atoms with Gasteiger partial charge in [0.1, 0.15) is 0 Å². The number of hydrogen-bond acceptors (Lipinski definition) is 3. The molecule has 0 radical (unpaired) electrons. The molecular weight excluding hydrogens is 398 g/mol. The summed E-state index contributed by atoms with van der Waals surface area (Å²) in [5.74, 6) is -0.277. The molecule has 1 heterocycles. The summed E-state index contributed by atoms with van der Waals surface area (Å²) in [5.41, 5.74) is 2.37. The first kappa shape index (κ1) is 22.3. The fourth-order valence-corrected chi connectivity index (χ4v) is 4.52. The van der Waals surface area contributed by atoms with Crippen molar-refractivity contribution in [3.63, 3.8) is 0 Å². The summed E-state index contributed by atoms with van der Waals surface area (Å²) < 4.78 is 28.7. The number of carbonyl (C=O) groups excluding carboxylic acids is 1. The van der Waals surface area contributed by atoms with Crippen molar-refractivity contribution in [2.75, 3.05) is 18.4 Å². The van der Waals surface area contributed by atoms with Crippen LogP contribution in [0.15, 0.2) is 41.4 Å². The second-order valence-electron chi connectivity index (χ2n) is 6.44. The minimum Gasteiger partial charge on any atom is -0.319 e. The summed E-state index contributed by atoms with van der Waals surface area (Å²) in [6.07, 6.45) is 2.82. The van der Waals surface area contributed by atoms with Gasteiger partial charge in [-0.15, -0.1) is 0 Å². The van der Waals surface area contributed by atoms with Crippen molar-refractivity contribution in [3.05, 3.63) is 52.8 Å². The summed E-state index contributed by atoms with van der Waals surface area (Å²) in [6.45, 7) is 8.39. The van der Waals surface area contributed by atoms with E-state index in [1.165, 1.54) is 22.5 Å². The zero-order valence-corrected chi connectivity index (χ0v) is 18.3. The number of aryl methyl sites for hydroxylation is 2. The number of aromatic nitrogens is 1. The van der Waals surface area contributed by atoms with Crippen molar-refractivity contribution < 1.29 is 17.8 Å². The minimum atomic E-state index is -3.63. The molecule has 2 aromatic rings. The van der Waals surface area contributed by atoms with E-state index in [1.807, 2.05) is 29.8 Å². The quantitative estimate of drug-likeness (QED) is 0.661. The number of benzene rings is 1. The van der Waals surface area contributed by atoms with Gasteiger partial charge in [0, 0.05) is 31.6 Å². The molecule has 1 aromatic heterocycles. The van der Waals surface area contributed by atoms with Gasteiger partial charge in [0.25, 0.3) is 5.91 Å². The van der Waals surface area contributed by atoms with E-state index < -0.39 is 10.0 Å². The highest BCUT2D eigenvalue weighted by atomic mass is 35.5. The van der Waals surface area contributed by atoms with Gasteiger partial charge in [0.15, 0.2) is 11.9 Å². The van der Waals surface area contributed by atoms with Crippen LogP contribution < -0.4 is 9.88 Å². The molecule has 0 atom stereocenters. The van der Waals surface area contributed by atoms with Crippen LogP contribution in [-0.2, 0) is 27.8 Å². The Kier molecular flexibility index (Phi) is 7.57. The van der Waals surface area contributed by atoms with Crippen molar-refractivity contribution >= 4 is 33.2 Å². The second-order valence-corrected chi connectivity index (χ2v) is 8.78. The van der Waals surface area contributed by atoms with Crippen LogP contribution in [0.4, 0.5) is 5.69 Å². The van der Waals surface area contributed by atoms with Crippen molar-refractivity contribution in [1.29, 1.82) is 0 Å². The van der Waals surface area contributed by atoms with E-state index in [-0.39, 0.29) is 28.1 Å². The highest BCUT2D eigenvalue weighted by Gasteiger charge is 2.23. The fraction of sp³-hybridized carbons (Fsp3) is 0.400. The Labute approximate surface area is 172 Å². The van der Waals surface area contributed by atoms with Crippen LogP contribution in [0, 0.1) is 6.92 Å². The van der Waals surface area contributed by atoms with Gasteiger partial charge in [-0.25, -0.2) is 8.42 Å². The maximum Gasteiger partial charge on any atom is 0.290 e. The first-order valence-electron chi connectivity index (χ1n) is 9.31. The molecule has 2 rings (SSSR count). The lowest BCUT2D eigenvalue weighted by Gasteiger charge is -2.19. The monoisotopic (exact) mass is 424 g/mol. The predicted molar refractivity (Wildman–Crippen MR) is 111 cm³/mol. The molecule has 0 spiro atoms. The number of sulfonamides is 1. The number of nitrogens with zero attached hydrogens (tertiary/aromatic N) is 2. The van der Waals surface area contributed by atoms with Gasteiger partial charge in [-0.2, -0.15) is 8.87 Å². The molecule has 0 aliphatic carbocycles. The number of amides is 1. The lowest BCUT2D eigenvalue weighted by atomic mass is 10.2. The van der Waals surface area contributed by atoms with Gasteiger partial charge in [0.2, 0.25) is 16.6 Å². The van der Waals surface area contributed by atoms with E-state index in [0.717, 1.165) is 17.7 Å². The molecule has 0 saturated heterocycles. The molecule has 8 heteroatoms. The lowest BCUT2D eigenvalue weighted by molar-refractivity contribution is -0.690. The smallest absolute Gasteiger partial charge is 0.290 e. The van der Waals surface area contributed by atoms with Gasteiger partial charge >= 0.3 is 0 Å². The molecule has 0 aliphatic rings. The number of carbonyl (C=O) groups is 1. The Morgan fingerprint density at radius 1 is 1.14 bits per heavy atom. The molecule has 1 aromatic carbocycles. The number of hydrogen-bond donors (Lipinski definition) is 1. The molecule has 152 valence electrons. The largest absolute Gasteiger partial charge is 0.319 e. The number of anilines is 1. The Morgan fingerprint density at radius 3 is 2.43 bits per heavy atom. The van der Waals surface area contributed by atoms with Crippen LogP contribution in [-0.4, -0.2) is 31.7 Å². The van der Waals surface area contributed by atoms with Gasteiger partial charge in [-0.05, 0) is 30.7 Å². The maximum absolute atomic E-state index is 12.7. The molecule has 28 heavy (non-hydrogen) atoms. The zero-order chi connectivity index (χ0) is 20.9. The third kappa shape index (κ3) is 5.10. The summed E-state index contributed by atoms with van der Waals surface area (Å²) in [5, 5.41) is 3.02. The molecule has 0 bridgehead atoms. The van der Waals surface area contributed by atoms with Crippen molar-refractivity contribution in [3.8, 4) is 0 Å². The van der Waals surface area contributed by atoms with E-state index in [1.54, 1.807) is 13.8 Å². The van der Waals surface area contributed by atoms with Crippen LogP contribution in [0.25, 0.3) is 0 Å². The molecule has 0 fully saturated rings. The van der Waals surface area contributed by atoms with Crippen LogP contribution >= 0.6 is 11.6 Å². The topological polar surface area (TPSA) is 70.4 Å². The molecule has 0 aliphatic heterocycles. The molecular formula is C20H27ClN3O3S+. The Balaban J connectivity index is 2.26. The molecule has 1 N–H and O–H groups in total. The van der Waals surface area contributed by atoms with E-state index in [0.29, 0.717) is 13.1 Å². The highest BCUT2D eigenvalue weighted by molar-refractivity contribution is 7.89. The summed E-state index contributed by atoms with van der Waals surface area (Å²) in [6, 6.07) is 8.35. The number of pyridine rings is 1. The van der Waals surface area contributed by atoms with Crippen LogP contribution in [0.2, 0.25) is 5.02 Å². The zero-order valence-electron chi connectivity index (χ0n) is 16.7. The molecule has 1 amide bonds. The first-order chi connectivity index (χ1) is 13.2. The SMILES string of the molecule is CCc1ccc(C)[n+](CC(=O)Nc2cc(S(=O)(=O)N(CC)CC)ccc2Cl)c1. The summed E-state index contributed by atoms with van der Waals surface area (Å²) in [4.78, 5) is 12.6. The van der Waals surface area contributed by atoms with E-state index >= 15 is 0 Å². The predicted octanol–water partition coefficient (Wildman–Crippen LogP) is 3.17. The number of rotatable bonds is 8. The Hall–Kier alpha value is -1.96. The Morgan fingerprint density at radius 2 is 1.82 bits per heavy atom. The molecule has 0 unspecified atom stereocenters. The number of halogens is 1. The summed E-state index contributed by atoms with van der Waals surface area (Å²) in [7, 11) is -3.63. The third-order valence-corrected chi connectivity index (χ3v) is 6.97. The van der Waals surface area contributed by atoms with Gasteiger partial charge in [-0.3, -0.25) is 4.79 Å². The number of nitrogens with one attached hydrogen (secondary N) is 1. The van der Waals surface area contributed by atoms with Crippen LogP contribution in [0.5, 0.6) is 0 Å². The second kappa shape index (κ2) is 9.49. The van der Waals surface area contributed by atoms with E-state index in [9.17, 15) is 13.2 Å². The van der Waals surface area contributed by atoms with Gasteiger partial charge < -0.3 is 5.32 Å². The third-order valence-electron chi connectivity index (χ3n) is 4.59.